The Morgan fingerprint density at radius 2 is 1.89 bits per heavy atom. The van der Waals surface area contributed by atoms with Crippen molar-refractivity contribution in [2.75, 3.05) is 18.5 Å². The number of anilines is 1. The Morgan fingerprint density at radius 3 is 2.50 bits per heavy atom. The molecule has 0 spiro atoms. The molecule has 0 fully saturated rings. The molecule has 0 aromatic heterocycles. The van der Waals surface area contributed by atoms with Crippen molar-refractivity contribution in [3.63, 3.8) is 0 Å². The van der Waals surface area contributed by atoms with Crippen LogP contribution in [0.1, 0.15) is 28.4 Å². The highest BCUT2D eigenvalue weighted by Gasteiger charge is 2.09. The minimum atomic E-state index is -0.193. The van der Waals surface area contributed by atoms with E-state index in [1.807, 2.05) is 31.2 Å². The second-order valence-electron chi connectivity index (χ2n) is 6.13. The van der Waals surface area contributed by atoms with Gasteiger partial charge in [0.15, 0.2) is 0 Å². The van der Waals surface area contributed by atoms with Crippen LogP contribution >= 0.6 is 0 Å². The molecule has 2 aromatic rings. The second-order valence-corrected chi connectivity index (χ2v) is 6.13. The van der Waals surface area contributed by atoms with Gasteiger partial charge in [0, 0.05) is 24.0 Å². The van der Waals surface area contributed by atoms with Gasteiger partial charge in [-0.05, 0) is 67.0 Å². The number of carbonyl (C=O) groups is 1. The number of allylic oxidation sites excluding steroid dienone is 2. The lowest BCUT2D eigenvalue weighted by Crippen LogP contribution is -2.13. The minimum absolute atomic E-state index is 0.193. The molecule has 0 unspecified atom stereocenters. The number of nitrogens with two attached hydrogens (primary N) is 2. The van der Waals surface area contributed by atoms with Crippen LogP contribution in [-0.2, 0) is 0 Å². The Kier molecular flexibility index (Phi) is 7.54. The number of amides is 1. The standard InChI is InChI=1S/C22H26N4O2/c1-4-25-21(24)14-15(2)17-5-7-18(8-6-17)22(27)26-20-10-9-19(13-16(20)3)28-12-11-23/h4-10,13-14H,2,11-12,23-24H2,1,3H3,(H,26,27)/b21-14-,25-4-. The third-order valence-corrected chi connectivity index (χ3v) is 3.95. The Morgan fingerprint density at radius 1 is 1.21 bits per heavy atom. The fourth-order valence-electron chi connectivity index (χ4n) is 2.52. The minimum Gasteiger partial charge on any atom is -0.492 e. The van der Waals surface area contributed by atoms with E-state index in [1.54, 1.807) is 37.4 Å². The normalized spacial score (nSPS) is 11.5. The van der Waals surface area contributed by atoms with E-state index in [0.29, 0.717) is 24.5 Å². The third-order valence-electron chi connectivity index (χ3n) is 3.95. The van der Waals surface area contributed by atoms with Crippen LogP contribution < -0.4 is 21.5 Å². The smallest absolute Gasteiger partial charge is 0.255 e. The lowest BCUT2D eigenvalue weighted by Gasteiger charge is -2.11. The molecule has 0 saturated carbocycles. The molecule has 5 N–H and O–H groups in total. The van der Waals surface area contributed by atoms with Crippen molar-refractivity contribution in [3.05, 3.63) is 77.6 Å². The summed E-state index contributed by atoms with van der Waals surface area (Å²) in [6.07, 6.45) is 3.30. The van der Waals surface area contributed by atoms with Crippen LogP contribution in [0.3, 0.4) is 0 Å². The molecule has 2 rings (SSSR count). The second kappa shape index (κ2) is 10.1. The van der Waals surface area contributed by atoms with Gasteiger partial charge in [-0.3, -0.25) is 4.79 Å². The molecule has 0 atom stereocenters. The number of nitrogens with one attached hydrogen (secondary N) is 1. The predicted octanol–water partition coefficient (Wildman–Crippen LogP) is 3.49. The van der Waals surface area contributed by atoms with Crippen molar-refractivity contribution in [1.29, 1.82) is 0 Å². The Labute approximate surface area is 165 Å². The number of ether oxygens (including phenoxy) is 1. The maximum atomic E-state index is 12.5. The number of benzene rings is 2. The zero-order chi connectivity index (χ0) is 20.5. The molecule has 6 nitrogen and oxygen atoms in total. The Balaban J connectivity index is 2.07. The molecular weight excluding hydrogens is 352 g/mol. The van der Waals surface area contributed by atoms with E-state index < -0.39 is 0 Å². The van der Waals surface area contributed by atoms with Crippen molar-refractivity contribution in [1.82, 2.24) is 0 Å². The average molecular weight is 378 g/mol. The van der Waals surface area contributed by atoms with Crippen LogP contribution in [0.5, 0.6) is 5.75 Å². The summed E-state index contributed by atoms with van der Waals surface area (Å²) in [5, 5.41) is 2.91. The molecule has 0 aliphatic heterocycles. The molecule has 0 saturated heterocycles. The number of aliphatic imine (C=N–C) groups is 1. The van der Waals surface area contributed by atoms with Crippen molar-refractivity contribution in [2.45, 2.75) is 13.8 Å². The van der Waals surface area contributed by atoms with Crippen molar-refractivity contribution >= 4 is 23.4 Å². The Bertz CT molecular complexity index is 899. The lowest BCUT2D eigenvalue weighted by atomic mass is 10.0. The average Bonchev–Trinajstić information content (AvgIpc) is 2.68. The van der Waals surface area contributed by atoms with Crippen LogP contribution in [0.4, 0.5) is 5.69 Å². The molecule has 2 aromatic carbocycles. The van der Waals surface area contributed by atoms with E-state index in [-0.39, 0.29) is 5.91 Å². The highest BCUT2D eigenvalue weighted by Crippen LogP contribution is 2.22. The maximum Gasteiger partial charge on any atom is 0.255 e. The topological polar surface area (TPSA) is 103 Å². The van der Waals surface area contributed by atoms with Gasteiger partial charge >= 0.3 is 0 Å². The molecule has 0 aliphatic rings. The van der Waals surface area contributed by atoms with Crippen LogP contribution in [0, 0.1) is 6.92 Å². The zero-order valence-corrected chi connectivity index (χ0v) is 16.2. The van der Waals surface area contributed by atoms with Crippen LogP contribution in [0.2, 0.25) is 0 Å². The van der Waals surface area contributed by atoms with E-state index in [9.17, 15) is 4.79 Å². The van der Waals surface area contributed by atoms with Gasteiger partial charge in [0.05, 0.1) is 0 Å². The van der Waals surface area contributed by atoms with Gasteiger partial charge < -0.3 is 21.5 Å². The van der Waals surface area contributed by atoms with E-state index in [1.165, 1.54) is 0 Å². The number of aryl methyl sites for hydroxylation is 1. The van der Waals surface area contributed by atoms with E-state index in [4.69, 9.17) is 16.2 Å². The van der Waals surface area contributed by atoms with Gasteiger partial charge in [-0.25, -0.2) is 4.99 Å². The summed E-state index contributed by atoms with van der Waals surface area (Å²) in [6.45, 7) is 8.59. The fraction of sp³-hybridized carbons (Fsp3) is 0.182. The lowest BCUT2D eigenvalue weighted by molar-refractivity contribution is 0.102. The van der Waals surface area contributed by atoms with Gasteiger partial charge in [0.2, 0.25) is 0 Å². The summed E-state index contributed by atoms with van der Waals surface area (Å²) in [6, 6.07) is 12.6. The van der Waals surface area contributed by atoms with Gasteiger partial charge in [-0.15, -0.1) is 0 Å². The van der Waals surface area contributed by atoms with Gasteiger partial charge in [0.25, 0.3) is 5.91 Å². The van der Waals surface area contributed by atoms with Crippen LogP contribution in [-0.4, -0.2) is 25.3 Å². The van der Waals surface area contributed by atoms with Crippen molar-refractivity contribution < 1.29 is 9.53 Å². The van der Waals surface area contributed by atoms with Gasteiger partial charge in [0.1, 0.15) is 18.2 Å². The molecule has 28 heavy (non-hydrogen) atoms. The number of hydrogen-bond acceptors (Lipinski definition) is 5. The van der Waals surface area contributed by atoms with E-state index >= 15 is 0 Å². The number of rotatable bonds is 8. The number of hydrogen-bond donors (Lipinski definition) is 3. The quantitative estimate of drug-likeness (QED) is 0.483. The molecule has 0 radical (unpaired) electrons. The summed E-state index contributed by atoms with van der Waals surface area (Å²) < 4.78 is 5.49. The van der Waals surface area contributed by atoms with E-state index in [0.717, 1.165) is 28.1 Å². The zero-order valence-electron chi connectivity index (χ0n) is 16.2. The van der Waals surface area contributed by atoms with Crippen molar-refractivity contribution in [2.24, 2.45) is 16.5 Å². The first-order chi connectivity index (χ1) is 13.4. The monoisotopic (exact) mass is 378 g/mol. The van der Waals surface area contributed by atoms with Crippen molar-refractivity contribution in [3.8, 4) is 5.75 Å². The van der Waals surface area contributed by atoms with Gasteiger partial charge in [-0.2, -0.15) is 0 Å². The van der Waals surface area contributed by atoms with Crippen LogP contribution in [0.15, 0.2) is 65.9 Å². The Hall–Kier alpha value is -3.38. The summed E-state index contributed by atoms with van der Waals surface area (Å²) in [7, 11) is 0. The largest absolute Gasteiger partial charge is 0.492 e. The molecule has 6 heteroatoms. The van der Waals surface area contributed by atoms with Gasteiger partial charge in [-0.1, -0.05) is 18.7 Å². The number of carbonyl (C=O) groups excluding carboxylic acids is 1. The highest BCUT2D eigenvalue weighted by molar-refractivity contribution is 6.04. The molecule has 1 amide bonds. The predicted molar refractivity (Wildman–Crippen MR) is 116 cm³/mol. The van der Waals surface area contributed by atoms with Crippen LogP contribution in [0.25, 0.3) is 5.57 Å². The number of nitrogens with zero attached hydrogens (tertiary/aromatic N) is 1. The summed E-state index contributed by atoms with van der Waals surface area (Å²) in [5.41, 5.74) is 15.0. The fourth-order valence-corrected chi connectivity index (χ4v) is 2.52. The summed E-state index contributed by atoms with van der Waals surface area (Å²) >= 11 is 0. The molecule has 146 valence electrons. The highest BCUT2D eigenvalue weighted by atomic mass is 16.5. The molecule has 0 bridgehead atoms. The van der Waals surface area contributed by atoms with E-state index in [2.05, 4.69) is 16.9 Å². The summed E-state index contributed by atoms with van der Waals surface area (Å²) in [4.78, 5) is 16.5. The first kappa shape index (κ1) is 20.9. The SMILES string of the molecule is C=C(/C=C(N)\N=C/C)c1ccc(C(=O)Nc2ccc(OCCN)cc2C)cc1. The molecule has 0 aliphatic carbocycles. The molecule has 0 heterocycles. The first-order valence-electron chi connectivity index (χ1n) is 8.94. The third kappa shape index (κ3) is 5.82. The summed E-state index contributed by atoms with van der Waals surface area (Å²) in [5.74, 6) is 0.911. The maximum absolute atomic E-state index is 12.5. The molecular formula is C22H26N4O2. The first-order valence-corrected chi connectivity index (χ1v) is 8.94.